The van der Waals surface area contributed by atoms with E-state index >= 15 is 0 Å². The number of hydrogen-bond donors (Lipinski definition) is 1. The number of carbonyl (C=O) groups is 2. The number of carbonyl (C=O) groups excluding carboxylic acids is 2. The van der Waals surface area contributed by atoms with Gasteiger partial charge in [0.1, 0.15) is 17.5 Å². The van der Waals surface area contributed by atoms with Crippen LogP contribution in [0.2, 0.25) is 0 Å². The average Bonchev–Trinajstić information content (AvgIpc) is 3.67. The Balaban J connectivity index is 1.20. The fraction of sp³-hybridized carbons (Fsp3) is 0.324. The summed E-state index contributed by atoms with van der Waals surface area (Å²) < 4.78 is 81.9. The van der Waals surface area contributed by atoms with E-state index in [-0.39, 0.29) is 52.9 Å². The monoisotopic (exact) mass is 707 g/mol. The number of aromatic nitrogens is 2. The number of rotatable bonds is 9. The summed E-state index contributed by atoms with van der Waals surface area (Å²) in [7, 11) is 0. The summed E-state index contributed by atoms with van der Waals surface area (Å²) in [5.41, 5.74) is -0.150. The molecule has 4 heterocycles. The topological polar surface area (TPSA) is 110 Å². The van der Waals surface area contributed by atoms with Gasteiger partial charge in [-0.2, -0.15) is 31.6 Å². The highest BCUT2D eigenvalue weighted by Crippen LogP contribution is 2.36. The first-order valence-electron chi connectivity index (χ1n) is 16.2. The van der Waals surface area contributed by atoms with Crippen LogP contribution >= 0.6 is 0 Å². The Morgan fingerprint density at radius 3 is 1.90 bits per heavy atom. The zero-order valence-electron chi connectivity index (χ0n) is 27.1. The van der Waals surface area contributed by atoms with E-state index in [4.69, 9.17) is 0 Å². The lowest BCUT2D eigenvalue weighted by molar-refractivity contribution is -0.141. The highest BCUT2D eigenvalue weighted by Gasteiger charge is 2.37. The van der Waals surface area contributed by atoms with Crippen molar-refractivity contribution >= 4 is 11.8 Å². The number of nitriles is 1. The number of halogens is 6. The smallest absolute Gasteiger partial charge is 0.392 e. The van der Waals surface area contributed by atoms with Gasteiger partial charge in [-0.15, -0.1) is 0 Å². The number of aliphatic hydroxyl groups is 1. The van der Waals surface area contributed by atoms with Gasteiger partial charge in [-0.3, -0.25) is 9.59 Å². The Morgan fingerprint density at radius 2 is 1.35 bits per heavy atom. The predicted octanol–water partition coefficient (Wildman–Crippen LogP) is 6.93. The SMILES string of the molecule is N#Cc1c(CC2CCN(Cc3ccc(-c4nc(C(F)(F)F)ccc4CO)cc3)C2=O)cc(C(F)(F)F)nc1-c1ccc(CN2CCCC2=O)cc1. The first-order valence-corrected chi connectivity index (χ1v) is 16.2. The molecule has 0 bridgehead atoms. The summed E-state index contributed by atoms with van der Waals surface area (Å²) in [6.45, 7) is 0.940. The first kappa shape index (κ1) is 35.5. The third kappa shape index (κ3) is 7.73. The van der Waals surface area contributed by atoms with E-state index in [0.717, 1.165) is 24.1 Å². The van der Waals surface area contributed by atoms with E-state index in [0.29, 0.717) is 49.2 Å². The van der Waals surface area contributed by atoms with Gasteiger partial charge in [0.25, 0.3) is 0 Å². The second-order valence-electron chi connectivity index (χ2n) is 12.6. The maximum Gasteiger partial charge on any atom is 0.433 e. The lowest BCUT2D eigenvalue weighted by atomic mass is 9.92. The molecular weight excluding hydrogens is 676 g/mol. The number of pyridine rings is 2. The van der Waals surface area contributed by atoms with Crippen LogP contribution in [0.3, 0.4) is 0 Å². The molecule has 8 nitrogen and oxygen atoms in total. The lowest BCUT2D eigenvalue weighted by Crippen LogP contribution is -2.27. The van der Waals surface area contributed by atoms with Crippen LogP contribution in [0.25, 0.3) is 22.5 Å². The van der Waals surface area contributed by atoms with Gasteiger partial charge < -0.3 is 14.9 Å². The normalized spacial score (nSPS) is 16.6. The van der Waals surface area contributed by atoms with Crippen LogP contribution < -0.4 is 0 Å². The zero-order valence-corrected chi connectivity index (χ0v) is 27.1. The fourth-order valence-electron chi connectivity index (χ4n) is 6.52. The lowest BCUT2D eigenvalue weighted by Gasteiger charge is -2.19. The molecule has 0 radical (unpaired) electrons. The quantitative estimate of drug-likeness (QED) is 0.189. The van der Waals surface area contributed by atoms with Crippen LogP contribution in [-0.4, -0.2) is 49.8 Å². The van der Waals surface area contributed by atoms with Crippen molar-refractivity contribution in [2.24, 2.45) is 5.92 Å². The van der Waals surface area contributed by atoms with Crippen molar-refractivity contribution in [3.05, 3.63) is 106 Å². The molecule has 51 heavy (non-hydrogen) atoms. The van der Waals surface area contributed by atoms with Crippen LogP contribution in [-0.2, 0) is 48.1 Å². The maximum absolute atomic E-state index is 14.0. The second-order valence-corrected chi connectivity index (χ2v) is 12.6. The fourth-order valence-corrected chi connectivity index (χ4v) is 6.52. The van der Waals surface area contributed by atoms with Crippen molar-refractivity contribution in [2.45, 2.75) is 57.7 Å². The van der Waals surface area contributed by atoms with E-state index in [1.165, 1.54) is 6.07 Å². The molecular formula is C37H31F6N5O3. The third-order valence-corrected chi connectivity index (χ3v) is 9.19. The third-order valence-electron chi connectivity index (χ3n) is 9.19. The van der Waals surface area contributed by atoms with Crippen molar-refractivity contribution in [1.29, 1.82) is 5.26 Å². The van der Waals surface area contributed by atoms with E-state index in [1.807, 2.05) is 6.07 Å². The summed E-state index contributed by atoms with van der Waals surface area (Å²) in [6, 6.07) is 17.7. The molecule has 2 saturated heterocycles. The van der Waals surface area contributed by atoms with Gasteiger partial charge in [-0.05, 0) is 48.1 Å². The molecule has 2 aromatic carbocycles. The van der Waals surface area contributed by atoms with Gasteiger partial charge in [0.15, 0.2) is 0 Å². The minimum absolute atomic E-state index is 0.0195. The van der Waals surface area contributed by atoms with Gasteiger partial charge in [-0.25, -0.2) is 9.97 Å². The Morgan fingerprint density at radius 1 is 0.765 bits per heavy atom. The van der Waals surface area contributed by atoms with E-state index in [1.54, 1.807) is 58.3 Å². The summed E-state index contributed by atoms with van der Waals surface area (Å²) in [6.07, 6.45) is -8.02. The Bertz CT molecular complexity index is 1990. The van der Waals surface area contributed by atoms with E-state index < -0.39 is 36.3 Å². The molecule has 1 atom stereocenters. The summed E-state index contributed by atoms with van der Waals surface area (Å²) in [4.78, 5) is 36.3. The van der Waals surface area contributed by atoms with Crippen molar-refractivity contribution in [2.75, 3.05) is 13.1 Å². The highest BCUT2D eigenvalue weighted by atomic mass is 19.4. The van der Waals surface area contributed by atoms with Crippen LogP contribution in [0.5, 0.6) is 0 Å². The standard InChI is InChI=1S/C37H31F6N5O3/c38-36(39,40)30-12-11-27(21-49)33(45-30)24-7-3-23(4-8-24)20-48-15-13-26(35(48)51)16-28-17-31(37(41,42)43)46-34(29(28)18-44)25-9-5-22(6-10-25)19-47-14-1-2-32(47)50/h3-12,17,26,49H,1-2,13-16,19-21H2. The van der Waals surface area contributed by atoms with Crippen molar-refractivity contribution in [3.8, 4) is 28.6 Å². The van der Waals surface area contributed by atoms with Gasteiger partial charge in [0.2, 0.25) is 11.8 Å². The number of hydrogen-bond acceptors (Lipinski definition) is 6. The summed E-state index contributed by atoms with van der Waals surface area (Å²) >= 11 is 0. The average molecular weight is 708 g/mol. The number of benzene rings is 2. The van der Waals surface area contributed by atoms with Gasteiger partial charge in [-0.1, -0.05) is 54.6 Å². The largest absolute Gasteiger partial charge is 0.433 e. The van der Waals surface area contributed by atoms with Gasteiger partial charge >= 0.3 is 12.4 Å². The minimum atomic E-state index is -4.81. The number of alkyl halides is 6. The molecule has 2 aromatic heterocycles. The maximum atomic E-state index is 14.0. The number of nitrogens with zero attached hydrogens (tertiary/aromatic N) is 5. The molecule has 2 aliphatic heterocycles. The van der Waals surface area contributed by atoms with Gasteiger partial charge in [0.05, 0.1) is 23.6 Å². The van der Waals surface area contributed by atoms with E-state index in [2.05, 4.69) is 9.97 Å². The van der Waals surface area contributed by atoms with Crippen molar-refractivity contribution in [3.63, 3.8) is 0 Å². The first-order chi connectivity index (χ1) is 24.2. The molecule has 0 saturated carbocycles. The molecule has 2 aliphatic rings. The van der Waals surface area contributed by atoms with Crippen molar-refractivity contribution in [1.82, 2.24) is 19.8 Å². The number of amides is 2. The van der Waals surface area contributed by atoms with Crippen LogP contribution in [0.1, 0.15) is 58.5 Å². The van der Waals surface area contributed by atoms with Gasteiger partial charge in [0, 0.05) is 55.2 Å². The number of likely N-dealkylation sites (tertiary alicyclic amines) is 2. The Kier molecular flexibility index (Phi) is 9.86. The molecule has 0 spiro atoms. The summed E-state index contributed by atoms with van der Waals surface area (Å²) in [5, 5.41) is 19.8. The van der Waals surface area contributed by atoms with Crippen LogP contribution in [0.4, 0.5) is 26.3 Å². The predicted molar refractivity (Wildman–Crippen MR) is 172 cm³/mol. The van der Waals surface area contributed by atoms with Crippen LogP contribution in [0.15, 0.2) is 66.7 Å². The zero-order chi connectivity index (χ0) is 36.5. The number of aliphatic hydroxyl groups excluding tert-OH is 1. The van der Waals surface area contributed by atoms with Crippen molar-refractivity contribution < 1.29 is 41.0 Å². The molecule has 0 aliphatic carbocycles. The molecule has 1 unspecified atom stereocenters. The Hall–Kier alpha value is -5.29. The molecule has 4 aromatic rings. The van der Waals surface area contributed by atoms with Crippen LogP contribution in [0, 0.1) is 17.2 Å². The highest BCUT2D eigenvalue weighted by molar-refractivity contribution is 5.82. The molecule has 264 valence electrons. The Labute approximate surface area is 289 Å². The molecule has 14 heteroatoms. The molecule has 2 amide bonds. The molecule has 2 fully saturated rings. The van der Waals surface area contributed by atoms with E-state index in [9.17, 15) is 46.3 Å². The molecule has 1 N–H and O–H groups in total. The summed E-state index contributed by atoms with van der Waals surface area (Å²) in [5.74, 6) is -0.968. The second kappa shape index (κ2) is 14.1. The molecule has 6 rings (SSSR count). The minimum Gasteiger partial charge on any atom is -0.392 e.